The second-order valence-corrected chi connectivity index (χ2v) is 9.07. The Morgan fingerprint density at radius 2 is 2.04 bits per heavy atom. The molecule has 1 fully saturated rings. The topological polar surface area (TPSA) is 54.5 Å². The smallest absolute Gasteiger partial charge is 0.233 e. The van der Waals surface area contributed by atoms with Crippen LogP contribution >= 0.6 is 34.2 Å². The monoisotopic (exact) mass is 490 g/mol. The van der Waals surface area contributed by atoms with E-state index in [1.165, 1.54) is 25.7 Å². The number of hydrogen-bond donors (Lipinski definition) is 0. The van der Waals surface area contributed by atoms with Crippen molar-refractivity contribution in [2.75, 3.05) is 0 Å². The number of rotatable bonds is 3. The van der Waals surface area contributed by atoms with Crippen molar-refractivity contribution >= 4 is 45.2 Å². The molecule has 0 amide bonds. The van der Waals surface area contributed by atoms with Gasteiger partial charge < -0.3 is 4.57 Å². The second kappa shape index (κ2) is 7.76. The average Bonchev–Trinajstić information content (AvgIpc) is 2.98. The highest BCUT2D eigenvalue weighted by Gasteiger charge is 2.22. The van der Waals surface area contributed by atoms with E-state index in [0.29, 0.717) is 10.9 Å². The summed E-state index contributed by atoms with van der Waals surface area (Å²) in [6.07, 6.45) is 7.28. The summed E-state index contributed by atoms with van der Waals surface area (Å²) in [4.78, 5) is 9.05. The van der Waals surface area contributed by atoms with Gasteiger partial charge in [-0.05, 0) is 59.4 Å². The van der Waals surface area contributed by atoms with Gasteiger partial charge in [0.05, 0.1) is 14.8 Å². The Kier molecular flexibility index (Phi) is 5.38. The molecular formula is C21H20ClIN4. The Morgan fingerprint density at radius 1 is 1.26 bits per heavy atom. The van der Waals surface area contributed by atoms with Crippen molar-refractivity contribution in [1.29, 1.82) is 5.26 Å². The fourth-order valence-electron chi connectivity index (χ4n) is 3.98. The summed E-state index contributed by atoms with van der Waals surface area (Å²) in [5.41, 5.74) is 3.55. The lowest BCUT2D eigenvalue weighted by Crippen LogP contribution is -2.17. The summed E-state index contributed by atoms with van der Waals surface area (Å²) in [5.74, 6) is 1.71. The standard InChI is InChI=1S/C21H20ClIN4/c1-13-5-7-14(8-6-13)11-27-12-17(23)20-21(27)19(25-18(10-24)26-20)15-3-2-4-16(22)9-15/h2-4,9,12-14H,5-8,11H2,1H3/t13-,14-. The zero-order valence-corrected chi connectivity index (χ0v) is 18.0. The molecule has 0 N–H and O–H groups in total. The van der Waals surface area contributed by atoms with Gasteiger partial charge in [-0.2, -0.15) is 5.26 Å². The molecule has 4 nitrogen and oxygen atoms in total. The van der Waals surface area contributed by atoms with E-state index >= 15 is 0 Å². The van der Waals surface area contributed by atoms with Crippen molar-refractivity contribution in [3.05, 3.63) is 44.9 Å². The molecule has 2 heterocycles. The third-order valence-corrected chi connectivity index (χ3v) is 6.48. The summed E-state index contributed by atoms with van der Waals surface area (Å²) in [5, 5.41) is 10.1. The minimum atomic E-state index is 0.194. The molecule has 27 heavy (non-hydrogen) atoms. The van der Waals surface area contributed by atoms with Crippen molar-refractivity contribution in [2.45, 2.75) is 39.2 Å². The minimum Gasteiger partial charge on any atom is -0.343 e. The average molecular weight is 491 g/mol. The summed E-state index contributed by atoms with van der Waals surface area (Å²) in [6.45, 7) is 3.31. The van der Waals surface area contributed by atoms with Crippen LogP contribution in [0, 0.1) is 26.7 Å². The predicted octanol–water partition coefficient (Wildman–Crippen LogP) is 6.05. The van der Waals surface area contributed by atoms with Crippen LogP contribution in [0.15, 0.2) is 30.5 Å². The van der Waals surface area contributed by atoms with Gasteiger partial charge in [-0.15, -0.1) is 0 Å². The first kappa shape index (κ1) is 18.7. The summed E-state index contributed by atoms with van der Waals surface area (Å²) in [7, 11) is 0. The minimum absolute atomic E-state index is 0.194. The summed E-state index contributed by atoms with van der Waals surface area (Å²) >= 11 is 8.52. The van der Waals surface area contributed by atoms with E-state index < -0.39 is 0 Å². The first-order valence-electron chi connectivity index (χ1n) is 9.27. The fraction of sp³-hybridized carbons (Fsp3) is 0.381. The van der Waals surface area contributed by atoms with Gasteiger partial charge in [-0.25, -0.2) is 9.97 Å². The van der Waals surface area contributed by atoms with E-state index in [2.05, 4.69) is 56.3 Å². The van der Waals surface area contributed by atoms with Gasteiger partial charge in [0.1, 0.15) is 11.6 Å². The molecule has 138 valence electrons. The molecular weight excluding hydrogens is 471 g/mol. The van der Waals surface area contributed by atoms with E-state index in [1.807, 2.05) is 24.3 Å². The Hall–Kier alpha value is -1.65. The van der Waals surface area contributed by atoms with Crippen LogP contribution in [-0.2, 0) is 6.54 Å². The van der Waals surface area contributed by atoms with Crippen LogP contribution in [0.2, 0.25) is 5.02 Å². The maximum atomic E-state index is 9.40. The number of fused-ring (bicyclic) bond motifs is 1. The van der Waals surface area contributed by atoms with E-state index in [0.717, 1.165) is 38.3 Å². The Balaban J connectivity index is 1.84. The van der Waals surface area contributed by atoms with Gasteiger partial charge >= 0.3 is 0 Å². The first-order valence-corrected chi connectivity index (χ1v) is 10.7. The molecule has 6 heteroatoms. The molecule has 1 aliphatic rings. The van der Waals surface area contributed by atoms with Gasteiger partial charge in [0.2, 0.25) is 5.82 Å². The molecule has 0 bridgehead atoms. The number of hydrogen-bond acceptors (Lipinski definition) is 3. The van der Waals surface area contributed by atoms with Crippen LogP contribution in [0.1, 0.15) is 38.4 Å². The molecule has 1 aliphatic carbocycles. The highest BCUT2D eigenvalue weighted by Crippen LogP contribution is 2.34. The van der Waals surface area contributed by atoms with Gasteiger partial charge in [-0.1, -0.05) is 43.5 Å². The van der Waals surface area contributed by atoms with Crippen molar-refractivity contribution in [1.82, 2.24) is 14.5 Å². The Morgan fingerprint density at radius 3 is 2.74 bits per heavy atom. The lowest BCUT2D eigenvalue weighted by Gasteiger charge is -2.26. The van der Waals surface area contributed by atoms with E-state index in [9.17, 15) is 5.26 Å². The molecule has 0 saturated heterocycles. The quantitative estimate of drug-likeness (QED) is 0.420. The van der Waals surface area contributed by atoms with E-state index in [1.54, 1.807) is 0 Å². The molecule has 2 aromatic heterocycles. The normalized spacial score (nSPS) is 19.9. The Bertz CT molecular complexity index is 1030. The lowest BCUT2D eigenvalue weighted by molar-refractivity contribution is 0.267. The van der Waals surface area contributed by atoms with E-state index in [4.69, 9.17) is 11.6 Å². The zero-order valence-electron chi connectivity index (χ0n) is 15.1. The molecule has 0 radical (unpaired) electrons. The number of halogens is 2. The highest BCUT2D eigenvalue weighted by molar-refractivity contribution is 14.1. The molecule has 1 saturated carbocycles. The van der Waals surface area contributed by atoms with Crippen LogP contribution in [0.5, 0.6) is 0 Å². The molecule has 4 rings (SSSR count). The van der Waals surface area contributed by atoms with Crippen LogP contribution < -0.4 is 0 Å². The van der Waals surface area contributed by atoms with Crippen LogP contribution in [0.3, 0.4) is 0 Å². The number of nitrogens with zero attached hydrogens (tertiary/aromatic N) is 4. The SMILES string of the molecule is C[C@H]1CC[C@H](Cn2cc(I)c3nc(C#N)nc(-c4cccc(Cl)c4)c32)CC1. The maximum Gasteiger partial charge on any atom is 0.233 e. The van der Waals surface area contributed by atoms with Gasteiger partial charge in [0.15, 0.2) is 0 Å². The van der Waals surface area contributed by atoms with Crippen molar-refractivity contribution in [2.24, 2.45) is 11.8 Å². The maximum absolute atomic E-state index is 9.40. The zero-order chi connectivity index (χ0) is 19.0. The van der Waals surface area contributed by atoms with Gasteiger partial charge in [0, 0.05) is 23.3 Å². The van der Waals surface area contributed by atoms with Gasteiger partial charge in [-0.3, -0.25) is 0 Å². The third-order valence-electron chi connectivity index (χ3n) is 5.46. The predicted molar refractivity (Wildman–Crippen MR) is 117 cm³/mol. The summed E-state index contributed by atoms with van der Waals surface area (Å²) in [6, 6.07) is 9.75. The molecule has 0 unspecified atom stereocenters. The molecule has 0 aliphatic heterocycles. The van der Waals surface area contributed by atoms with Crippen molar-refractivity contribution in [3.63, 3.8) is 0 Å². The van der Waals surface area contributed by atoms with Crippen LogP contribution in [0.25, 0.3) is 22.3 Å². The molecule has 0 atom stereocenters. The lowest BCUT2D eigenvalue weighted by atomic mass is 9.83. The highest BCUT2D eigenvalue weighted by atomic mass is 127. The number of benzene rings is 1. The Labute approximate surface area is 177 Å². The second-order valence-electron chi connectivity index (χ2n) is 7.47. The van der Waals surface area contributed by atoms with Gasteiger partial charge in [0.25, 0.3) is 0 Å². The fourth-order valence-corrected chi connectivity index (χ4v) is 4.88. The van der Waals surface area contributed by atoms with Crippen LogP contribution in [0.4, 0.5) is 0 Å². The van der Waals surface area contributed by atoms with Crippen molar-refractivity contribution < 1.29 is 0 Å². The number of nitriles is 1. The third kappa shape index (κ3) is 3.83. The first-order chi connectivity index (χ1) is 13.0. The summed E-state index contributed by atoms with van der Waals surface area (Å²) < 4.78 is 3.34. The molecule has 0 spiro atoms. The molecule has 3 aromatic rings. The van der Waals surface area contributed by atoms with E-state index in [-0.39, 0.29) is 5.82 Å². The molecule has 1 aromatic carbocycles. The largest absolute Gasteiger partial charge is 0.343 e. The number of aromatic nitrogens is 3. The van der Waals surface area contributed by atoms with Crippen molar-refractivity contribution in [3.8, 4) is 17.3 Å². The van der Waals surface area contributed by atoms with Crippen LogP contribution in [-0.4, -0.2) is 14.5 Å².